The fourth-order valence-electron chi connectivity index (χ4n) is 0.206. The van der Waals surface area contributed by atoms with Crippen molar-refractivity contribution in [1.29, 1.82) is 0 Å². The highest BCUT2D eigenvalue weighted by Crippen LogP contribution is 2.16. The molecule has 0 aliphatic carbocycles. The van der Waals surface area contributed by atoms with Crippen molar-refractivity contribution in [3.63, 3.8) is 0 Å². The van der Waals surface area contributed by atoms with Crippen LogP contribution in [-0.4, -0.2) is 10.4 Å². The van der Waals surface area contributed by atoms with Gasteiger partial charge in [0.2, 0.25) is 0 Å². The Morgan fingerprint density at radius 3 is 3.00 bits per heavy atom. The average molecular weight is 164 g/mol. The van der Waals surface area contributed by atoms with E-state index in [0.29, 0.717) is 0 Å². The number of nitrogens with zero attached hydrogens (tertiary/aromatic N) is 1. The molecule has 0 saturated carbocycles. The third-order valence-electron chi connectivity index (χ3n) is 0.423. The predicted molar refractivity (Wildman–Crippen MR) is 32.1 cm³/mol. The third-order valence-corrected chi connectivity index (χ3v) is 1.89. The number of aliphatic imine (C=N–C) groups is 1. The summed E-state index contributed by atoms with van der Waals surface area (Å²) in [4.78, 5) is 3.78. The molecule has 6 heavy (non-hydrogen) atoms. The molecule has 0 amide bonds. The average Bonchev–Trinajstić information content (AvgIpc) is 1.86. The second kappa shape index (κ2) is 1.98. The predicted octanol–water partition coefficient (Wildman–Crippen LogP) is 1.52. The fourth-order valence-corrected chi connectivity index (χ4v) is 1.18. The molecule has 0 atom stereocenters. The lowest BCUT2D eigenvalue weighted by Crippen LogP contribution is -1.78. The maximum atomic E-state index is 3.78. The highest BCUT2D eigenvalue weighted by atomic mass is 79.9. The highest BCUT2D eigenvalue weighted by Gasteiger charge is 2.00. The van der Waals surface area contributed by atoms with E-state index in [1.54, 1.807) is 11.8 Å². The zero-order valence-corrected chi connectivity index (χ0v) is 5.34. The maximum Gasteiger partial charge on any atom is 0.183 e. The molecule has 32 valence electrons. The van der Waals surface area contributed by atoms with Crippen LogP contribution >= 0.6 is 27.7 Å². The molecule has 0 bridgehead atoms. The first-order chi connectivity index (χ1) is 2.89. The summed E-state index contributed by atoms with van der Waals surface area (Å²) in [5, 5.41) is 0. The number of halogens is 1. The number of hydrogen-bond donors (Lipinski definition) is 0. The minimum atomic E-state index is 0.958. The lowest BCUT2D eigenvalue weighted by Gasteiger charge is -1.72. The second-order valence-corrected chi connectivity index (χ2v) is 2.54. The minimum absolute atomic E-state index is 0.958. The van der Waals surface area contributed by atoms with Crippen molar-refractivity contribution in [2.75, 3.05) is 5.75 Å². The van der Waals surface area contributed by atoms with Crippen LogP contribution in [0.15, 0.2) is 4.99 Å². The van der Waals surface area contributed by atoms with Crippen molar-refractivity contribution >= 4 is 32.3 Å². The van der Waals surface area contributed by atoms with Gasteiger partial charge in [-0.15, -0.1) is 11.8 Å². The summed E-state index contributed by atoms with van der Waals surface area (Å²) < 4.78 is 0.993. The van der Waals surface area contributed by atoms with Crippen LogP contribution in [0.1, 0.15) is 0 Å². The van der Waals surface area contributed by atoms with Gasteiger partial charge in [0.15, 0.2) is 5.88 Å². The Morgan fingerprint density at radius 1 is 2.00 bits per heavy atom. The van der Waals surface area contributed by atoms with Crippen molar-refractivity contribution in [3.05, 3.63) is 5.88 Å². The number of hydrogen-bond acceptors (Lipinski definition) is 2. The smallest absolute Gasteiger partial charge is 0.183 e. The highest BCUT2D eigenvalue weighted by molar-refractivity contribution is 9.18. The third kappa shape index (κ3) is 0.980. The molecule has 1 heterocycles. The molecule has 2 radical (unpaired) electrons. The molecule has 1 aliphatic rings. The molecule has 0 saturated heterocycles. The lowest BCUT2D eigenvalue weighted by atomic mass is 10.9. The Bertz CT molecular complexity index is 80.9. The lowest BCUT2D eigenvalue weighted by molar-refractivity contribution is 1.59. The molecular formula is C3H2BrNS. The van der Waals surface area contributed by atoms with Crippen LogP contribution < -0.4 is 0 Å². The van der Waals surface area contributed by atoms with E-state index in [0.717, 1.165) is 10.4 Å². The Kier molecular flexibility index (Phi) is 1.54. The maximum absolute atomic E-state index is 3.78. The van der Waals surface area contributed by atoms with Gasteiger partial charge in [-0.3, -0.25) is 4.99 Å². The minimum Gasteiger partial charge on any atom is -0.257 e. The molecule has 0 spiro atoms. The van der Waals surface area contributed by atoms with Gasteiger partial charge in [0.25, 0.3) is 0 Å². The summed E-state index contributed by atoms with van der Waals surface area (Å²) >= 11 is 4.79. The molecular weight excluding hydrogens is 162 g/mol. The van der Waals surface area contributed by atoms with Crippen LogP contribution in [-0.2, 0) is 0 Å². The first kappa shape index (κ1) is 4.65. The van der Waals surface area contributed by atoms with Crippen LogP contribution in [0.5, 0.6) is 0 Å². The van der Waals surface area contributed by atoms with Gasteiger partial charge in [-0.05, 0) is 15.9 Å². The van der Waals surface area contributed by atoms with E-state index in [1.807, 2.05) is 0 Å². The quantitative estimate of drug-likeness (QED) is 0.528. The summed E-state index contributed by atoms with van der Waals surface area (Å²) in [5.41, 5.74) is 0. The van der Waals surface area contributed by atoms with Crippen LogP contribution in [0.3, 0.4) is 0 Å². The molecule has 0 aromatic carbocycles. The summed E-state index contributed by atoms with van der Waals surface area (Å²) in [7, 11) is 0. The monoisotopic (exact) mass is 163 g/mol. The molecule has 1 aliphatic heterocycles. The van der Waals surface area contributed by atoms with Crippen molar-refractivity contribution in [1.82, 2.24) is 0 Å². The summed E-state index contributed by atoms with van der Waals surface area (Å²) in [5.74, 6) is 3.69. The van der Waals surface area contributed by atoms with E-state index in [-0.39, 0.29) is 0 Å². The fraction of sp³-hybridized carbons (Fsp3) is 0.333. The molecule has 0 unspecified atom stereocenters. The van der Waals surface area contributed by atoms with E-state index in [9.17, 15) is 0 Å². The van der Waals surface area contributed by atoms with Crippen molar-refractivity contribution in [2.24, 2.45) is 4.99 Å². The van der Waals surface area contributed by atoms with Crippen LogP contribution in [0.2, 0.25) is 0 Å². The largest absolute Gasteiger partial charge is 0.257 e. The van der Waals surface area contributed by atoms with Gasteiger partial charge in [-0.25, -0.2) is 0 Å². The molecule has 1 rings (SSSR count). The van der Waals surface area contributed by atoms with Crippen molar-refractivity contribution < 1.29 is 0 Å². The van der Waals surface area contributed by atoms with Gasteiger partial charge in [-0.2, -0.15) is 0 Å². The van der Waals surface area contributed by atoms with Crippen LogP contribution in [0.25, 0.3) is 0 Å². The molecule has 3 heteroatoms. The standard InChI is InChI=1S/C3H2BrNS/c4-3-1-6-2-5-3/h1H2. The van der Waals surface area contributed by atoms with Crippen LogP contribution in [0.4, 0.5) is 0 Å². The van der Waals surface area contributed by atoms with Gasteiger partial charge in [-0.1, -0.05) is 0 Å². The molecule has 0 fully saturated rings. The zero-order chi connectivity index (χ0) is 4.41. The molecule has 0 N–H and O–H groups in total. The van der Waals surface area contributed by atoms with Gasteiger partial charge in [0.05, 0.1) is 4.62 Å². The summed E-state index contributed by atoms with van der Waals surface area (Å²) in [6.07, 6.45) is 0. The van der Waals surface area contributed by atoms with Crippen molar-refractivity contribution in [2.45, 2.75) is 0 Å². The van der Waals surface area contributed by atoms with Gasteiger partial charge in [0.1, 0.15) is 0 Å². The Hall–Kier alpha value is 0.500. The zero-order valence-electron chi connectivity index (χ0n) is 2.94. The summed E-state index contributed by atoms with van der Waals surface area (Å²) in [6.45, 7) is 0. The normalized spacial score (nSPS) is 21.2. The van der Waals surface area contributed by atoms with E-state index in [1.165, 1.54) is 0 Å². The van der Waals surface area contributed by atoms with Crippen molar-refractivity contribution in [3.8, 4) is 0 Å². The SMILES string of the molecule is BrC1=N[C]SC1. The Balaban J connectivity index is 2.45. The molecule has 0 aromatic rings. The number of thioether (sulfide) groups is 1. The number of rotatable bonds is 0. The second-order valence-electron chi connectivity index (χ2n) is 0.868. The first-order valence-electron chi connectivity index (χ1n) is 1.48. The Morgan fingerprint density at radius 2 is 2.83 bits per heavy atom. The molecule has 0 aromatic heterocycles. The first-order valence-corrected chi connectivity index (χ1v) is 3.26. The van der Waals surface area contributed by atoms with E-state index >= 15 is 0 Å². The molecule has 1 nitrogen and oxygen atoms in total. The van der Waals surface area contributed by atoms with Gasteiger partial charge >= 0.3 is 0 Å². The van der Waals surface area contributed by atoms with Gasteiger partial charge in [0, 0.05) is 5.75 Å². The topological polar surface area (TPSA) is 12.4 Å². The Labute approximate surface area is 49.3 Å². The van der Waals surface area contributed by atoms with E-state index in [4.69, 9.17) is 0 Å². The summed E-state index contributed by atoms with van der Waals surface area (Å²) in [6, 6.07) is 0. The van der Waals surface area contributed by atoms with E-state index in [2.05, 4.69) is 26.8 Å². The van der Waals surface area contributed by atoms with Crippen LogP contribution in [0, 0.1) is 5.88 Å². The van der Waals surface area contributed by atoms with E-state index < -0.39 is 0 Å². The van der Waals surface area contributed by atoms with Gasteiger partial charge < -0.3 is 0 Å².